The fourth-order valence-electron chi connectivity index (χ4n) is 2.35. The van der Waals surface area contributed by atoms with Crippen molar-refractivity contribution in [1.82, 2.24) is 4.57 Å². The molecule has 84 valence electrons. The molecule has 0 aromatic carbocycles. The average Bonchev–Trinajstić information content (AvgIpc) is 2.50. The third kappa shape index (κ3) is 2.25. The van der Waals surface area contributed by atoms with E-state index in [9.17, 15) is 0 Å². The summed E-state index contributed by atoms with van der Waals surface area (Å²) in [5, 5.41) is 0. The van der Waals surface area contributed by atoms with Crippen LogP contribution < -0.4 is 0 Å². The van der Waals surface area contributed by atoms with Crippen LogP contribution in [0.3, 0.4) is 0 Å². The quantitative estimate of drug-likeness (QED) is 0.727. The molecule has 1 aliphatic rings. The number of nitrogens with zero attached hydrogens (tertiary/aromatic N) is 1. The van der Waals surface area contributed by atoms with E-state index in [0.717, 1.165) is 19.8 Å². The molecule has 2 heterocycles. The van der Waals surface area contributed by atoms with Gasteiger partial charge in [-0.05, 0) is 44.2 Å². The summed E-state index contributed by atoms with van der Waals surface area (Å²) in [7, 11) is 0. The van der Waals surface area contributed by atoms with Gasteiger partial charge in [0.05, 0.1) is 0 Å². The Kier molecular flexibility index (Phi) is 2.87. The lowest BCUT2D eigenvalue weighted by Crippen LogP contribution is -2.31. The molecule has 0 radical (unpaired) electrons. The van der Waals surface area contributed by atoms with E-state index < -0.39 is 0 Å². The van der Waals surface area contributed by atoms with Gasteiger partial charge in [0.1, 0.15) is 0 Å². The first-order valence-corrected chi connectivity index (χ1v) is 5.81. The highest BCUT2D eigenvalue weighted by Crippen LogP contribution is 2.32. The monoisotopic (exact) mass is 207 g/mol. The predicted octanol–water partition coefficient (Wildman–Crippen LogP) is 2.92. The number of rotatable bonds is 2. The smallest absolute Gasteiger partial charge is 0.0471 e. The first-order valence-electron chi connectivity index (χ1n) is 5.81. The summed E-state index contributed by atoms with van der Waals surface area (Å²) in [6.07, 6.45) is 2.37. The maximum atomic E-state index is 5.44. The molecule has 0 N–H and O–H groups in total. The highest BCUT2D eigenvalue weighted by atomic mass is 16.5. The van der Waals surface area contributed by atoms with Crippen LogP contribution in [0.5, 0.6) is 0 Å². The number of hydrogen-bond acceptors (Lipinski definition) is 1. The highest BCUT2D eigenvalue weighted by molar-refractivity contribution is 5.14. The molecule has 0 unspecified atom stereocenters. The molecule has 2 nitrogen and oxygen atoms in total. The molecule has 0 amide bonds. The van der Waals surface area contributed by atoms with Gasteiger partial charge in [-0.1, -0.05) is 6.92 Å². The molecular formula is C13H21NO. The van der Waals surface area contributed by atoms with Crippen LogP contribution in [0.15, 0.2) is 12.1 Å². The van der Waals surface area contributed by atoms with Crippen LogP contribution in [-0.4, -0.2) is 17.8 Å². The minimum atomic E-state index is 0.423. The summed E-state index contributed by atoms with van der Waals surface area (Å²) in [5.41, 5.74) is 3.17. The van der Waals surface area contributed by atoms with Crippen LogP contribution in [0.25, 0.3) is 0 Å². The van der Waals surface area contributed by atoms with Crippen molar-refractivity contribution in [3.05, 3.63) is 23.5 Å². The van der Waals surface area contributed by atoms with Crippen molar-refractivity contribution in [3.8, 4) is 0 Å². The van der Waals surface area contributed by atoms with Crippen LogP contribution in [0.2, 0.25) is 0 Å². The SMILES string of the molecule is Cc1ccc(C)n1CC1(C)CCOCC1. The van der Waals surface area contributed by atoms with Crippen molar-refractivity contribution in [1.29, 1.82) is 0 Å². The molecule has 0 aliphatic carbocycles. The molecule has 1 saturated heterocycles. The van der Waals surface area contributed by atoms with Gasteiger partial charge in [-0.25, -0.2) is 0 Å². The molecule has 1 fully saturated rings. The lowest BCUT2D eigenvalue weighted by Gasteiger charge is -2.34. The van der Waals surface area contributed by atoms with E-state index in [1.807, 2.05) is 0 Å². The van der Waals surface area contributed by atoms with Crippen LogP contribution in [0.4, 0.5) is 0 Å². The Labute approximate surface area is 92.2 Å². The first-order chi connectivity index (χ1) is 7.11. The maximum Gasteiger partial charge on any atom is 0.0471 e. The number of aryl methyl sites for hydroxylation is 2. The van der Waals surface area contributed by atoms with E-state index in [4.69, 9.17) is 4.74 Å². The van der Waals surface area contributed by atoms with Crippen molar-refractivity contribution in [2.75, 3.05) is 13.2 Å². The van der Waals surface area contributed by atoms with Crippen LogP contribution in [-0.2, 0) is 11.3 Å². The van der Waals surface area contributed by atoms with Gasteiger partial charge in [-0.3, -0.25) is 0 Å². The van der Waals surface area contributed by atoms with Crippen LogP contribution >= 0.6 is 0 Å². The summed E-state index contributed by atoms with van der Waals surface area (Å²) < 4.78 is 7.87. The van der Waals surface area contributed by atoms with Crippen molar-refractivity contribution in [3.63, 3.8) is 0 Å². The van der Waals surface area contributed by atoms with Gasteiger partial charge in [0, 0.05) is 31.1 Å². The minimum absolute atomic E-state index is 0.423. The summed E-state index contributed by atoms with van der Waals surface area (Å²) >= 11 is 0. The second-order valence-corrected chi connectivity index (χ2v) is 5.13. The molecular weight excluding hydrogens is 186 g/mol. The number of aromatic nitrogens is 1. The van der Waals surface area contributed by atoms with Gasteiger partial charge < -0.3 is 9.30 Å². The highest BCUT2D eigenvalue weighted by Gasteiger charge is 2.28. The van der Waals surface area contributed by atoms with E-state index in [1.165, 1.54) is 24.2 Å². The molecule has 2 heteroatoms. The van der Waals surface area contributed by atoms with Gasteiger partial charge >= 0.3 is 0 Å². The first kappa shape index (κ1) is 10.7. The Hall–Kier alpha value is -0.760. The summed E-state index contributed by atoms with van der Waals surface area (Å²) in [4.78, 5) is 0. The Bertz CT molecular complexity index is 315. The summed E-state index contributed by atoms with van der Waals surface area (Å²) in [6, 6.07) is 4.41. The van der Waals surface area contributed by atoms with E-state index in [1.54, 1.807) is 0 Å². The summed E-state index contributed by atoms with van der Waals surface area (Å²) in [5.74, 6) is 0. The molecule has 15 heavy (non-hydrogen) atoms. The van der Waals surface area contributed by atoms with Gasteiger partial charge in [0.2, 0.25) is 0 Å². The Morgan fingerprint density at radius 3 is 2.27 bits per heavy atom. The fraction of sp³-hybridized carbons (Fsp3) is 0.692. The van der Waals surface area contributed by atoms with E-state index in [0.29, 0.717) is 5.41 Å². The van der Waals surface area contributed by atoms with Crippen molar-refractivity contribution >= 4 is 0 Å². The third-order valence-electron chi connectivity index (χ3n) is 3.66. The Morgan fingerprint density at radius 2 is 1.73 bits per heavy atom. The Morgan fingerprint density at radius 1 is 1.20 bits per heavy atom. The molecule has 2 rings (SSSR count). The largest absolute Gasteiger partial charge is 0.381 e. The predicted molar refractivity (Wildman–Crippen MR) is 62.1 cm³/mol. The zero-order valence-corrected chi connectivity index (χ0v) is 10.0. The zero-order chi connectivity index (χ0) is 10.9. The van der Waals surface area contributed by atoms with Crippen LogP contribution in [0.1, 0.15) is 31.2 Å². The molecule has 0 spiro atoms. The summed E-state index contributed by atoms with van der Waals surface area (Å²) in [6.45, 7) is 9.76. The Balaban J connectivity index is 2.13. The normalized spacial score (nSPS) is 20.5. The topological polar surface area (TPSA) is 14.2 Å². The van der Waals surface area contributed by atoms with E-state index in [-0.39, 0.29) is 0 Å². The van der Waals surface area contributed by atoms with Crippen molar-refractivity contribution in [2.45, 2.75) is 40.2 Å². The van der Waals surface area contributed by atoms with Crippen molar-refractivity contribution in [2.24, 2.45) is 5.41 Å². The van der Waals surface area contributed by atoms with Gasteiger partial charge in [-0.15, -0.1) is 0 Å². The third-order valence-corrected chi connectivity index (χ3v) is 3.66. The van der Waals surface area contributed by atoms with E-state index >= 15 is 0 Å². The molecule has 0 bridgehead atoms. The fourth-order valence-corrected chi connectivity index (χ4v) is 2.35. The molecule has 0 atom stereocenters. The molecule has 1 aromatic rings. The number of ether oxygens (including phenoxy) is 1. The van der Waals surface area contributed by atoms with Crippen molar-refractivity contribution < 1.29 is 4.74 Å². The lowest BCUT2D eigenvalue weighted by molar-refractivity contribution is 0.0151. The standard InChI is InChI=1S/C13H21NO/c1-11-4-5-12(2)14(11)10-13(3)6-8-15-9-7-13/h4-5H,6-10H2,1-3H3. The second kappa shape index (κ2) is 4.01. The van der Waals surface area contributed by atoms with Gasteiger partial charge in [-0.2, -0.15) is 0 Å². The number of hydrogen-bond donors (Lipinski definition) is 0. The zero-order valence-electron chi connectivity index (χ0n) is 10.0. The second-order valence-electron chi connectivity index (χ2n) is 5.13. The minimum Gasteiger partial charge on any atom is -0.381 e. The van der Waals surface area contributed by atoms with Gasteiger partial charge in [0.15, 0.2) is 0 Å². The van der Waals surface area contributed by atoms with Gasteiger partial charge in [0.25, 0.3) is 0 Å². The maximum absolute atomic E-state index is 5.44. The van der Waals surface area contributed by atoms with E-state index in [2.05, 4.69) is 37.5 Å². The molecule has 1 aliphatic heterocycles. The molecule has 1 aromatic heterocycles. The lowest BCUT2D eigenvalue weighted by atomic mass is 9.82. The van der Waals surface area contributed by atoms with Crippen LogP contribution in [0, 0.1) is 19.3 Å². The molecule has 0 saturated carbocycles. The average molecular weight is 207 g/mol.